The van der Waals surface area contributed by atoms with E-state index in [9.17, 15) is 8.42 Å². The van der Waals surface area contributed by atoms with Crippen molar-refractivity contribution in [1.29, 1.82) is 0 Å². The van der Waals surface area contributed by atoms with Gasteiger partial charge in [-0.25, -0.2) is 19.2 Å². The first-order valence-electron chi connectivity index (χ1n) is 6.39. The Hall–Kier alpha value is -1.18. The van der Waals surface area contributed by atoms with Gasteiger partial charge in [-0.3, -0.25) is 0 Å². The predicted molar refractivity (Wildman–Crippen MR) is 73.8 cm³/mol. The zero-order chi connectivity index (χ0) is 14.0. The van der Waals surface area contributed by atoms with Gasteiger partial charge < -0.3 is 5.43 Å². The lowest BCUT2D eigenvalue weighted by atomic mass is 10.3. The highest BCUT2D eigenvalue weighted by molar-refractivity contribution is 7.89. The van der Waals surface area contributed by atoms with E-state index in [1.54, 1.807) is 10.4 Å². The van der Waals surface area contributed by atoms with Gasteiger partial charge in [0.1, 0.15) is 10.7 Å². The summed E-state index contributed by atoms with van der Waals surface area (Å²) in [4.78, 5) is 4.17. The topological polar surface area (TPSA) is 88.3 Å². The number of rotatable bonds is 6. The van der Waals surface area contributed by atoms with Crippen molar-refractivity contribution >= 4 is 15.8 Å². The van der Waals surface area contributed by atoms with Crippen LogP contribution in [0.2, 0.25) is 0 Å². The van der Waals surface area contributed by atoms with Gasteiger partial charge >= 0.3 is 0 Å². The molecule has 0 radical (unpaired) electrons. The molecule has 2 rings (SSSR count). The summed E-state index contributed by atoms with van der Waals surface area (Å²) in [6.07, 6.45) is 3.58. The summed E-state index contributed by atoms with van der Waals surface area (Å²) in [5.41, 5.74) is 2.38. The minimum atomic E-state index is -3.48. The second kappa shape index (κ2) is 5.44. The van der Waals surface area contributed by atoms with Crippen molar-refractivity contribution in [2.24, 2.45) is 11.8 Å². The molecule has 0 saturated heterocycles. The second-order valence-corrected chi connectivity index (χ2v) is 7.03. The van der Waals surface area contributed by atoms with Crippen LogP contribution in [0.3, 0.4) is 0 Å². The van der Waals surface area contributed by atoms with Crippen molar-refractivity contribution in [3.63, 3.8) is 0 Å². The molecule has 0 atom stereocenters. The van der Waals surface area contributed by atoms with E-state index in [0.29, 0.717) is 18.3 Å². The molecule has 0 unspecified atom stereocenters. The first-order valence-corrected chi connectivity index (χ1v) is 7.83. The molecule has 3 N–H and O–H groups in total. The molecule has 0 amide bonds. The van der Waals surface area contributed by atoms with E-state index in [2.05, 4.69) is 10.4 Å². The number of hydrogen-bond donors (Lipinski definition) is 2. The molecule has 0 aromatic carbocycles. The van der Waals surface area contributed by atoms with Gasteiger partial charge in [0.15, 0.2) is 0 Å². The Labute approximate surface area is 114 Å². The van der Waals surface area contributed by atoms with Crippen molar-refractivity contribution in [3.8, 4) is 0 Å². The zero-order valence-corrected chi connectivity index (χ0v) is 12.0. The van der Waals surface area contributed by atoms with Crippen molar-refractivity contribution in [2.75, 3.05) is 12.0 Å². The third-order valence-electron chi connectivity index (χ3n) is 3.20. The molecule has 1 aromatic heterocycles. The van der Waals surface area contributed by atoms with Gasteiger partial charge in [0.2, 0.25) is 10.0 Å². The van der Waals surface area contributed by atoms with Crippen LogP contribution in [0.4, 0.5) is 5.82 Å². The highest BCUT2D eigenvalue weighted by Gasteiger charge is 2.33. The Kier molecular flexibility index (Phi) is 4.07. The van der Waals surface area contributed by atoms with Gasteiger partial charge in [-0.05, 0) is 44.7 Å². The second-order valence-electron chi connectivity index (χ2n) is 5.14. The quantitative estimate of drug-likeness (QED) is 0.605. The average molecular weight is 284 g/mol. The van der Waals surface area contributed by atoms with Gasteiger partial charge in [0, 0.05) is 18.8 Å². The van der Waals surface area contributed by atoms with E-state index < -0.39 is 10.0 Å². The predicted octanol–water partition coefficient (Wildman–Crippen LogP) is 1.18. The van der Waals surface area contributed by atoms with Crippen molar-refractivity contribution in [2.45, 2.75) is 37.6 Å². The van der Waals surface area contributed by atoms with Crippen LogP contribution in [0, 0.1) is 5.92 Å². The zero-order valence-electron chi connectivity index (χ0n) is 11.2. The standard InChI is InChI=1S/C12H20N4O2S/c1-9(2)16(8-10-3-4-10)19(17,18)11-5-6-12(15-13)14-7-11/h5-7,9-10H,3-4,8,13H2,1-2H3,(H,14,15). The molecule has 6 nitrogen and oxygen atoms in total. The number of hydrogen-bond acceptors (Lipinski definition) is 5. The number of hydrazine groups is 1. The van der Waals surface area contributed by atoms with Gasteiger partial charge in [-0.15, -0.1) is 0 Å². The largest absolute Gasteiger partial charge is 0.308 e. The molecule has 1 fully saturated rings. The minimum Gasteiger partial charge on any atom is -0.308 e. The smallest absolute Gasteiger partial charge is 0.244 e. The highest BCUT2D eigenvalue weighted by atomic mass is 32.2. The number of nitrogens with two attached hydrogens (primary N) is 1. The summed E-state index contributed by atoms with van der Waals surface area (Å²) in [7, 11) is -3.48. The van der Waals surface area contributed by atoms with Gasteiger partial charge in [0.05, 0.1) is 0 Å². The third-order valence-corrected chi connectivity index (χ3v) is 5.23. The number of nitrogens with zero attached hydrogens (tertiary/aromatic N) is 2. The van der Waals surface area contributed by atoms with E-state index in [-0.39, 0.29) is 10.9 Å². The Morgan fingerprint density at radius 2 is 2.16 bits per heavy atom. The Morgan fingerprint density at radius 3 is 2.58 bits per heavy atom. The molecule has 1 saturated carbocycles. The monoisotopic (exact) mass is 284 g/mol. The van der Waals surface area contributed by atoms with Crippen LogP contribution in [-0.2, 0) is 10.0 Å². The lowest BCUT2D eigenvalue weighted by Crippen LogP contribution is -2.38. The normalized spacial score (nSPS) is 16.1. The molecule has 0 bridgehead atoms. The molecule has 106 valence electrons. The Bertz CT molecular complexity index is 523. The summed E-state index contributed by atoms with van der Waals surface area (Å²) in [6.45, 7) is 4.38. The van der Waals surface area contributed by atoms with Crippen molar-refractivity contribution < 1.29 is 8.42 Å². The van der Waals surface area contributed by atoms with Crippen molar-refractivity contribution in [3.05, 3.63) is 18.3 Å². The van der Waals surface area contributed by atoms with Crippen LogP contribution in [-0.4, -0.2) is 30.3 Å². The number of nitrogen functional groups attached to an aromatic ring is 1. The highest BCUT2D eigenvalue weighted by Crippen LogP contribution is 2.32. The van der Waals surface area contributed by atoms with Gasteiger partial charge in [-0.1, -0.05) is 0 Å². The molecule has 1 aliphatic rings. The summed E-state index contributed by atoms with van der Waals surface area (Å²) < 4.78 is 26.7. The molecule has 7 heteroatoms. The first kappa shape index (κ1) is 14.2. The maximum absolute atomic E-state index is 12.6. The number of nitrogens with one attached hydrogen (secondary N) is 1. The fraction of sp³-hybridized carbons (Fsp3) is 0.583. The summed E-state index contributed by atoms with van der Waals surface area (Å²) >= 11 is 0. The van der Waals surface area contributed by atoms with Crippen LogP contribution < -0.4 is 11.3 Å². The van der Waals surface area contributed by atoms with E-state index in [1.165, 1.54) is 12.3 Å². The Balaban J connectivity index is 2.26. The summed E-state index contributed by atoms with van der Waals surface area (Å²) in [5, 5.41) is 0. The lowest BCUT2D eigenvalue weighted by molar-refractivity contribution is 0.341. The molecular formula is C12H20N4O2S. The van der Waals surface area contributed by atoms with Crippen LogP contribution in [0.5, 0.6) is 0 Å². The fourth-order valence-electron chi connectivity index (χ4n) is 1.90. The maximum Gasteiger partial charge on any atom is 0.244 e. The van der Waals surface area contributed by atoms with E-state index >= 15 is 0 Å². The average Bonchev–Trinajstić information content (AvgIpc) is 3.19. The number of pyridine rings is 1. The Morgan fingerprint density at radius 1 is 1.47 bits per heavy atom. The van der Waals surface area contributed by atoms with Gasteiger partial charge in [0.25, 0.3) is 0 Å². The number of aromatic nitrogens is 1. The summed E-state index contributed by atoms with van der Waals surface area (Å²) in [6, 6.07) is 3.03. The molecule has 0 spiro atoms. The molecule has 1 aliphatic carbocycles. The fourth-order valence-corrected chi connectivity index (χ4v) is 3.55. The van der Waals surface area contributed by atoms with E-state index in [0.717, 1.165) is 12.8 Å². The lowest BCUT2D eigenvalue weighted by Gasteiger charge is -2.25. The van der Waals surface area contributed by atoms with Crippen LogP contribution >= 0.6 is 0 Å². The molecule has 19 heavy (non-hydrogen) atoms. The molecule has 1 aromatic rings. The SMILES string of the molecule is CC(C)N(CC1CC1)S(=O)(=O)c1ccc(NN)nc1. The van der Waals surface area contributed by atoms with E-state index in [1.807, 2.05) is 13.8 Å². The first-order chi connectivity index (χ1) is 8.95. The molecular weight excluding hydrogens is 264 g/mol. The third kappa shape index (κ3) is 3.23. The van der Waals surface area contributed by atoms with Crippen LogP contribution in [0.15, 0.2) is 23.2 Å². The van der Waals surface area contributed by atoms with Gasteiger partial charge in [-0.2, -0.15) is 4.31 Å². The molecule has 1 heterocycles. The number of sulfonamides is 1. The van der Waals surface area contributed by atoms with E-state index in [4.69, 9.17) is 5.84 Å². The molecule has 0 aliphatic heterocycles. The minimum absolute atomic E-state index is 0.0575. The van der Waals surface area contributed by atoms with Crippen LogP contribution in [0.1, 0.15) is 26.7 Å². The number of anilines is 1. The summed E-state index contributed by atoms with van der Waals surface area (Å²) in [5.74, 6) is 6.17. The maximum atomic E-state index is 12.6. The van der Waals surface area contributed by atoms with Crippen LogP contribution in [0.25, 0.3) is 0 Å². The van der Waals surface area contributed by atoms with Crippen molar-refractivity contribution in [1.82, 2.24) is 9.29 Å².